The molecule has 0 aliphatic rings. The molecule has 7 heavy (non-hydrogen) atoms. The van der Waals surface area contributed by atoms with Gasteiger partial charge in [0.2, 0.25) is 0 Å². The first-order valence-electron chi connectivity index (χ1n) is 0. The molecule has 0 aliphatic carbocycles. The topological polar surface area (TPSA) is 0 Å². The predicted octanol–water partition coefficient (Wildman–Crippen LogP) is 3.07. The largest absolute Gasteiger partial charge is 0.358 e. The zero-order chi connectivity index (χ0) is 0. The maximum absolute atomic E-state index is 0. The first-order valence-corrected chi connectivity index (χ1v) is 0. The van der Waals surface area contributed by atoms with Gasteiger partial charge in [-0.05, 0) is 0 Å². The molecule has 0 amide bonds. The molecule has 0 spiro atoms. The summed E-state index contributed by atoms with van der Waals surface area (Å²) in [7, 11) is 0. The van der Waals surface area contributed by atoms with E-state index in [2.05, 4.69) is 0 Å². The molecule has 1 heteroatoms. The van der Waals surface area contributed by atoms with E-state index in [9.17, 15) is 0 Å². The number of hydrogen-bond donors (Lipinski definition) is 0. The molecule has 0 saturated heterocycles. The Hall–Kier alpha value is 0.649. The van der Waals surface area contributed by atoms with E-state index < -0.39 is 0 Å². The van der Waals surface area contributed by atoms with Crippen LogP contribution in [-0.4, -0.2) is 0 Å². The van der Waals surface area contributed by atoms with Crippen molar-refractivity contribution < 1.29 is 20.1 Å². The quantitative estimate of drug-likeness (QED) is 0.600. The van der Waals surface area contributed by atoms with E-state index in [1.165, 1.54) is 0 Å². The molecule has 0 N–H and O–H groups in total. The van der Waals surface area contributed by atoms with E-state index in [1.54, 1.807) is 0 Å². The Bertz CT molecular complexity index is 4.14. The van der Waals surface area contributed by atoms with E-state index in [4.69, 9.17) is 0 Å². The van der Waals surface area contributed by atoms with Crippen molar-refractivity contribution in [1.29, 1.82) is 0 Å². The molecule has 57 valence electrons. The summed E-state index contributed by atoms with van der Waals surface area (Å²) in [5.41, 5.74) is 0. The summed E-state index contributed by atoms with van der Waals surface area (Å²) >= 11 is 0. The molecule has 0 atom stereocenters. The smallest absolute Gasteiger partial charge is 0 e. The Labute approximate surface area is 65.1 Å². The van der Waals surface area contributed by atoms with Crippen molar-refractivity contribution in [3.8, 4) is 0 Å². The molecule has 0 aliphatic heterocycles. The van der Waals surface area contributed by atoms with Gasteiger partial charge in [-0.2, -0.15) is 0 Å². The molecule has 0 nitrogen and oxygen atoms in total. The molecule has 0 rings (SSSR count). The van der Waals surface area contributed by atoms with Crippen LogP contribution in [0.3, 0.4) is 0 Å². The van der Waals surface area contributed by atoms with Crippen molar-refractivity contribution in [1.82, 2.24) is 0 Å². The maximum atomic E-state index is 0. The minimum Gasteiger partial charge on any atom is -0.358 e. The summed E-state index contributed by atoms with van der Waals surface area (Å²) in [4.78, 5) is 0. The maximum Gasteiger partial charge on any atom is 0 e. The molecule has 0 heterocycles. The molecule has 0 fully saturated rings. The van der Waals surface area contributed by atoms with Gasteiger partial charge >= 0.3 is 0 Å². The van der Waals surface area contributed by atoms with Gasteiger partial charge in [0.1, 0.15) is 0 Å². The molecule has 0 aromatic rings. The number of hydrogen-bond acceptors (Lipinski definition) is 0. The normalized spacial score (nSPS) is 0. The fraction of sp³-hybridized carbons (Fsp3) is 0.333. The van der Waals surface area contributed by atoms with Crippen molar-refractivity contribution >= 4 is 0 Å². The second-order valence-corrected chi connectivity index (χ2v) is 0. The van der Waals surface area contributed by atoms with Gasteiger partial charge in [-0.15, -0.1) is 0 Å². The Morgan fingerprint density at radius 3 is 0.429 bits per heavy atom. The average molecular weight is 284 g/mol. The second-order valence-electron chi connectivity index (χ2n) is 0. The second kappa shape index (κ2) is 503. The Morgan fingerprint density at radius 1 is 0.429 bits per heavy atom. The van der Waals surface area contributed by atoms with Crippen molar-refractivity contribution in [3.63, 3.8) is 0 Å². The van der Waals surface area contributed by atoms with Crippen LogP contribution >= 0.6 is 0 Å². The fourth-order valence-electron chi connectivity index (χ4n) is 0. The molecule has 0 aromatic carbocycles. The summed E-state index contributed by atoms with van der Waals surface area (Å²) in [5.74, 6) is 0. The van der Waals surface area contributed by atoms with Crippen molar-refractivity contribution in [2.45, 2.75) is 14.9 Å². The van der Waals surface area contributed by atoms with Gasteiger partial charge < -0.3 is 29.7 Å². The minimum atomic E-state index is 0. The SMILES string of the molecule is C.C.[CH3-].[CH3-].[CH3-].[CH3-].[Ir]. The minimum absolute atomic E-state index is 0. The van der Waals surface area contributed by atoms with E-state index in [1.807, 2.05) is 0 Å². The third kappa shape index (κ3) is 341. The third-order valence-electron chi connectivity index (χ3n) is 0. The van der Waals surface area contributed by atoms with E-state index in [0.29, 0.717) is 0 Å². The zero-order valence-electron chi connectivity index (χ0n) is 4.33. The molecular formula is C6H20Ir-4. The average Bonchev–Trinajstić information content (AvgIpc) is 0. The molecule has 0 bridgehead atoms. The number of rotatable bonds is 0. The van der Waals surface area contributed by atoms with Crippen molar-refractivity contribution in [3.05, 3.63) is 29.7 Å². The standard InChI is InChI=1S/2CH4.4CH3.Ir/h2*1H4;4*1H3;/q;;4*-1;. The van der Waals surface area contributed by atoms with Crippen LogP contribution in [0.25, 0.3) is 0 Å². The van der Waals surface area contributed by atoms with E-state index >= 15 is 0 Å². The van der Waals surface area contributed by atoms with E-state index in [-0.39, 0.29) is 64.7 Å². The molecule has 1 radical (unpaired) electrons. The van der Waals surface area contributed by atoms with E-state index in [0.717, 1.165) is 0 Å². The van der Waals surface area contributed by atoms with Crippen LogP contribution in [0.15, 0.2) is 0 Å². The summed E-state index contributed by atoms with van der Waals surface area (Å²) < 4.78 is 0. The summed E-state index contributed by atoms with van der Waals surface area (Å²) in [5, 5.41) is 0. The van der Waals surface area contributed by atoms with Gasteiger partial charge in [-0.3, -0.25) is 0 Å². The summed E-state index contributed by atoms with van der Waals surface area (Å²) in [6.07, 6.45) is 0. The van der Waals surface area contributed by atoms with Crippen molar-refractivity contribution in [2.75, 3.05) is 0 Å². The molecule has 0 aromatic heterocycles. The van der Waals surface area contributed by atoms with Crippen LogP contribution in [0.4, 0.5) is 0 Å². The molecule has 0 unspecified atom stereocenters. The van der Waals surface area contributed by atoms with Crippen LogP contribution in [-0.2, 0) is 20.1 Å². The van der Waals surface area contributed by atoms with Crippen LogP contribution in [0.1, 0.15) is 14.9 Å². The zero-order valence-corrected chi connectivity index (χ0v) is 6.73. The summed E-state index contributed by atoms with van der Waals surface area (Å²) in [6.45, 7) is 0. The Balaban J connectivity index is 0. The molecule has 0 saturated carbocycles. The van der Waals surface area contributed by atoms with Gasteiger partial charge in [0.15, 0.2) is 0 Å². The van der Waals surface area contributed by atoms with Crippen LogP contribution < -0.4 is 0 Å². The van der Waals surface area contributed by atoms with Crippen LogP contribution in [0.5, 0.6) is 0 Å². The first-order chi connectivity index (χ1) is 0. The van der Waals surface area contributed by atoms with Crippen molar-refractivity contribution in [2.24, 2.45) is 0 Å². The van der Waals surface area contributed by atoms with Gasteiger partial charge in [-0.25, -0.2) is 0 Å². The van der Waals surface area contributed by atoms with Crippen LogP contribution in [0, 0.1) is 29.7 Å². The monoisotopic (exact) mass is 285 g/mol. The Kier molecular flexibility index (Phi) is 57700. The van der Waals surface area contributed by atoms with Gasteiger partial charge in [0.05, 0.1) is 0 Å². The Morgan fingerprint density at radius 2 is 0.429 bits per heavy atom. The third-order valence-corrected chi connectivity index (χ3v) is 0. The van der Waals surface area contributed by atoms with Crippen LogP contribution in [0.2, 0.25) is 0 Å². The van der Waals surface area contributed by atoms with Gasteiger partial charge in [-0.1, -0.05) is 14.9 Å². The molecular weight excluding hydrogens is 264 g/mol. The van der Waals surface area contributed by atoms with Gasteiger partial charge in [0.25, 0.3) is 0 Å². The first kappa shape index (κ1) is 802. The fourth-order valence-corrected chi connectivity index (χ4v) is 0. The summed E-state index contributed by atoms with van der Waals surface area (Å²) in [6, 6.07) is 0. The predicted molar refractivity (Wildman–Crippen MR) is 39.1 cm³/mol. The van der Waals surface area contributed by atoms with Gasteiger partial charge in [0, 0.05) is 20.1 Å².